The van der Waals surface area contributed by atoms with Crippen LogP contribution >= 0.6 is 0 Å². The van der Waals surface area contributed by atoms with E-state index in [0.29, 0.717) is 31.0 Å². The molecule has 0 spiro atoms. The Balaban J connectivity index is 2.25. The maximum Gasteiger partial charge on any atom is 0.341 e. The highest BCUT2D eigenvalue weighted by molar-refractivity contribution is 5.88. The molecule has 1 aromatic heterocycles. The van der Waals surface area contributed by atoms with Gasteiger partial charge in [-0.3, -0.25) is 0 Å². The Labute approximate surface area is 98.3 Å². The molecule has 0 atom stereocenters. The van der Waals surface area contributed by atoms with Crippen LogP contribution in [0.1, 0.15) is 16.1 Å². The van der Waals surface area contributed by atoms with Gasteiger partial charge in [-0.2, -0.15) is 0 Å². The van der Waals surface area contributed by atoms with Crippen LogP contribution in [0, 0.1) is 0 Å². The lowest BCUT2D eigenvalue weighted by Gasteiger charge is -2.02. The number of primary amides is 1. The molecule has 94 valence electrons. The highest BCUT2D eigenvalue weighted by atomic mass is 16.5. The molecule has 0 saturated carbocycles. The average Bonchev–Trinajstić information content (AvgIpc) is 2.76. The van der Waals surface area contributed by atoms with Crippen molar-refractivity contribution in [3.05, 3.63) is 23.7 Å². The van der Waals surface area contributed by atoms with Gasteiger partial charge in [-0.1, -0.05) is 0 Å². The van der Waals surface area contributed by atoms with Gasteiger partial charge in [0.05, 0.1) is 19.2 Å². The maximum absolute atomic E-state index is 11.1. The maximum atomic E-state index is 11.1. The second-order valence-electron chi connectivity index (χ2n) is 3.26. The van der Waals surface area contributed by atoms with Gasteiger partial charge in [0, 0.05) is 13.1 Å². The van der Waals surface area contributed by atoms with Gasteiger partial charge in [-0.15, -0.1) is 0 Å². The molecule has 0 aromatic carbocycles. The quantitative estimate of drug-likeness (QED) is 0.473. The minimum atomic E-state index is -0.558. The minimum Gasteiger partial charge on any atom is -0.467 e. The molecule has 7 heteroatoms. The molecule has 0 aliphatic heterocycles. The number of carbonyl (C=O) groups is 2. The van der Waals surface area contributed by atoms with E-state index in [1.807, 2.05) is 0 Å². The van der Waals surface area contributed by atoms with Crippen LogP contribution in [0.25, 0.3) is 0 Å². The Morgan fingerprint density at radius 1 is 1.47 bits per heavy atom. The first-order valence-electron chi connectivity index (χ1n) is 5.03. The number of esters is 1. The molecular weight excluding hydrogens is 226 g/mol. The Hall–Kier alpha value is -2.02. The monoisotopic (exact) mass is 241 g/mol. The van der Waals surface area contributed by atoms with Crippen LogP contribution < -0.4 is 16.4 Å². The van der Waals surface area contributed by atoms with Crippen LogP contribution in [-0.4, -0.2) is 32.2 Å². The summed E-state index contributed by atoms with van der Waals surface area (Å²) >= 11 is 0. The number of rotatable bonds is 6. The third-order valence-electron chi connectivity index (χ3n) is 1.98. The average molecular weight is 241 g/mol. The van der Waals surface area contributed by atoms with Crippen LogP contribution in [0.2, 0.25) is 0 Å². The molecule has 4 N–H and O–H groups in total. The van der Waals surface area contributed by atoms with E-state index in [1.165, 1.54) is 13.4 Å². The summed E-state index contributed by atoms with van der Waals surface area (Å²) in [5.41, 5.74) is 5.26. The standard InChI is InChI=1S/C10H15N3O4/c1-16-9(14)7-4-8(17-6-7)5-12-2-3-13-10(11)15/h4,6,12H,2-3,5H2,1H3,(H3,11,13,15). The summed E-state index contributed by atoms with van der Waals surface area (Å²) in [6.07, 6.45) is 1.34. The molecular formula is C10H15N3O4. The molecule has 0 radical (unpaired) electrons. The van der Waals surface area contributed by atoms with E-state index < -0.39 is 12.0 Å². The van der Waals surface area contributed by atoms with Crippen molar-refractivity contribution in [2.45, 2.75) is 6.54 Å². The van der Waals surface area contributed by atoms with E-state index in [9.17, 15) is 9.59 Å². The summed E-state index contributed by atoms with van der Waals surface area (Å²) in [5.74, 6) is 0.180. The zero-order chi connectivity index (χ0) is 12.7. The Morgan fingerprint density at radius 3 is 2.88 bits per heavy atom. The molecule has 2 amide bonds. The second-order valence-corrected chi connectivity index (χ2v) is 3.26. The molecule has 17 heavy (non-hydrogen) atoms. The lowest BCUT2D eigenvalue weighted by atomic mass is 10.3. The number of urea groups is 1. The lowest BCUT2D eigenvalue weighted by Crippen LogP contribution is -2.35. The minimum absolute atomic E-state index is 0.375. The van der Waals surface area contributed by atoms with E-state index in [2.05, 4.69) is 15.4 Å². The van der Waals surface area contributed by atoms with Crippen LogP contribution in [0.4, 0.5) is 4.79 Å². The van der Waals surface area contributed by atoms with Gasteiger partial charge in [0.25, 0.3) is 0 Å². The fourth-order valence-electron chi connectivity index (χ4n) is 1.18. The predicted octanol–water partition coefficient (Wildman–Crippen LogP) is -0.176. The summed E-state index contributed by atoms with van der Waals surface area (Å²) < 4.78 is 9.68. The molecule has 0 unspecified atom stereocenters. The first-order valence-corrected chi connectivity index (χ1v) is 5.03. The van der Waals surface area contributed by atoms with Crippen molar-refractivity contribution in [3.8, 4) is 0 Å². The highest BCUT2D eigenvalue weighted by Gasteiger charge is 2.09. The van der Waals surface area contributed by atoms with Crippen molar-refractivity contribution in [2.24, 2.45) is 5.73 Å². The zero-order valence-electron chi connectivity index (χ0n) is 9.49. The first kappa shape index (κ1) is 13.0. The predicted molar refractivity (Wildman–Crippen MR) is 59.3 cm³/mol. The molecule has 0 saturated heterocycles. The van der Waals surface area contributed by atoms with Crippen molar-refractivity contribution < 1.29 is 18.7 Å². The van der Waals surface area contributed by atoms with Crippen molar-refractivity contribution in [1.82, 2.24) is 10.6 Å². The lowest BCUT2D eigenvalue weighted by molar-refractivity contribution is 0.0600. The van der Waals surface area contributed by atoms with Crippen LogP contribution in [0.5, 0.6) is 0 Å². The van der Waals surface area contributed by atoms with E-state index in [0.717, 1.165) is 0 Å². The summed E-state index contributed by atoms with van der Waals surface area (Å²) in [6, 6.07) is 1.04. The van der Waals surface area contributed by atoms with Crippen molar-refractivity contribution in [2.75, 3.05) is 20.2 Å². The number of amides is 2. The van der Waals surface area contributed by atoms with Crippen molar-refractivity contribution in [1.29, 1.82) is 0 Å². The topological polar surface area (TPSA) is 107 Å². The Kier molecular flexibility index (Phi) is 5.02. The highest BCUT2D eigenvalue weighted by Crippen LogP contribution is 2.08. The van der Waals surface area contributed by atoms with Gasteiger partial charge < -0.3 is 25.5 Å². The van der Waals surface area contributed by atoms with E-state index in [-0.39, 0.29) is 0 Å². The molecule has 7 nitrogen and oxygen atoms in total. The van der Waals surface area contributed by atoms with Crippen LogP contribution in [0.15, 0.2) is 16.7 Å². The van der Waals surface area contributed by atoms with Gasteiger partial charge in [-0.05, 0) is 6.07 Å². The fourth-order valence-corrected chi connectivity index (χ4v) is 1.18. The molecule has 0 aliphatic rings. The number of nitrogens with one attached hydrogen (secondary N) is 2. The van der Waals surface area contributed by atoms with Crippen LogP contribution in [0.3, 0.4) is 0 Å². The molecule has 1 rings (SSSR count). The number of ether oxygens (including phenoxy) is 1. The Bertz CT molecular complexity index is 389. The van der Waals surface area contributed by atoms with Gasteiger partial charge in [0.15, 0.2) is 0 Å². The first-order chi connectivity index (χ1) is 8.13. The Morgan fingerprint density at radius 2 is 2.24 bits per heavy atom. The molecule has 0 bridgehead atoms. The van der Waals surface area contributed by atoms with Gasteiger partial charge >= 0.3 is 12.0 Å². The summed E-state index contributed by atoms with van der Waals surface area (Å²) in [7, 11) is 1.31. The van der Waals surface area contributed by atoms with Crippen LogP contribution in [-0.2, 0) is 11.3 Å². The fraction of sp³-hybridized carbons (Fsp3) is 0.400. The van der Waals surface area contributed by atoms with E-state index in [4.69, 9.17) is 10.2 Å². The summed E-state index contributed by atoms with van der Waals surface area (Å²) in [4.78, 5) is 21.5. The van der Waals surface area contributed by atoms with Gasteiger partial charge in [0.1, 0.15) is 12.0 Å². The summed E-state index contributed by atoms with van der Waals surface area (Å²) in [6.45, 7) is 1.44. The number of methoxy groups -OCH3 is 1. The molecule has 0 fully saturated rings. The van der Waals surface area contributed by atoms with Gasteiger partial charge in [0.2, 0.25) is 0 Å². The van der Waals surface area contributed by atoms with Crippen molar-refractivity contribution >= 4 is 12.0 Å². The number of hydrogen-bond acceptors (Lipinski definition) is 5. The summed E-state index contributed by atoms with van der Waals surface area (Å²) in [5, 5.41) is 5.45. The zero-order valence-corrected chi connectivity index (χ0v) is 9.49. The number of furan rings is 1. The SMILES string of the molecule is COC(=O)c1coc(CNCCNC(N)=O)c1. The third-order valence-corrected chi connectivity index (χ3v) is 1.98. The number of hydrogen-bond donors (Lipinski definition) is 3. The number of carbonyl (C=O) groups excluding carboxylic acids is 2. The second kappa shape index (κ2) is 6.54. The molecule has 1 aromatic rings. The molecule has 0 aliphatic carbocycles. The third kappa shape index (κ3) is 4.56. The van der Waals surface area contributed by atoms with E-state index in [1.54, 1.807) is 6.07 Å². The van der Waals surface area contributed by atoms with Gasteiger partial charge in [-0.25, -0.2) is 9.59 Å². The smallest absolute Gasteiger partial charge is 0.341 e. The number of nitrogens with two attached hydrogens (primary N) is 1. The molecule has 1 heterocycles. The van der Waals surface area contributed by atoms with E-state index >= 15 is 0 Å². The van der Waals surface area contributed by atoms with Crippen molar-refractivity contribution in [3.63, 3.8) is 0 Å². The largest absolute Gasteiger partial charge is 0.467 e. The normalized spacial score (nSPS) is 9.94.